The van der Waals surface area contributed by atoms with Gasteiger partial charge < -0.3 is 5.32 Å². The maximum absolute atomic E-state index is 10.7. The molecule has 0 aliphatic heterocycles. The highest BCUT2D eigenvalue weighted by molar-refractivity contribution is 5.22. The molecule has 60 valence electrons. The van der Waals surface area contributed by atoms with E-state index in [1.165, 1.54) is 12.3 Å². The molecule has 0 bridgehead atoms. The highest BCUT2D eigenvalue weighted by Crippen LogP contribution is 1.93. The van der Waals surface area contributed by atoms with Crippen LogP contribution in [0.1, 0.15) is 13.8 Å². The summed E-state index contributed by atoms with van der Waals surface area (Å²) in [6.07, 6.45) is 1.48. The average Bonchev–Trinajstić information content (AvgIpc) is 1.85. The molecule has 0 aliphatic carbocycles. The van der Waals surface area contributed by atoms with Crippen LogP contribution in [0.15, 0.2) is 17.1 Å². The van der Waals surface area contributed by atoms with Gasteiger partial charge in [-0.1, -0.05) is 0 Å². The summed E-state index contributed by atoms with van der Waals surface area (Å²) in [6.45, 7) is 3.96. The van der Waals surface area contributed by atoms with E-state index in [-0.39, 0.29) is 11.6 Å². The molecular weight excluding hydrogens is 142 g/mol. The lowest BCUT2D eigenvalue weighted by atomic mass is 10.4. The predicted molar refractivity (Wildman–Crippen MR) is 43.6 cm³/mol. The van der Waals surface area contributed by atoms with Crippen LogP contribution in [0.2, 0.25) is 0 Å². The zero-order valence-corrected chi connectivity index (χ0v) is 6.59. The van der Waals surface area contributed by atoms with E-state index in [1.807, 2.05) is 13.8 Å². The van der Waals surface area contributed by atoms with Crippen LogP contribution in [-0.2, 0) is 0 Å². The normalized spacial score (nSPS) is 10.1. The summed E-state index contributed by atoms with van der Waals surface area (Å²) < 4.78 is 0. The molecule has 4 nitrogen and oxygen atoms in total. The lowest BCUT2D eigenvalue weighted by molar-refractivity contribution is 0.871. The van der Waals surface area contributed by atoms with Gasteiger partial charge in [-0.2, -0.15) is 0 Å². The van der Waals surface area contributed by atoms with Crippen LogP contribution in [0.3, 0.4) is 0 Å². The van der Waals surface area contributed by atoms with Gasteiger partial charge in [0.2, 0.25) is 5.95 Å². The summed E-state index contributed by atoms with van der Waals surface area (Å²) in [7, 11) is 0. The van der Waals surface area contributed by atoms with Crippen LogP contribution in [0.25, 0.3) is 0 Å². The monoisotopic (exact) mass is 153 g/mol. The minimum absolute atomic E-state index is 0.136. The van der Waals surface area contributed by atoms with Crippen LogP contribution in [-0.4, -0.2) is 16.0 Å². The number of hydrogen-bond acceptors (Lipinski definition) is 3. The molecule has 0 atom stereocenters. The molecule has 0 amide bonds. The van der Waals surface area contributed by atoms with Crippen molar-refractivity contribution in [2.24, 2.45) is 0 Å². The zero-order chi connectivity index (χ0) is 8.27. The van der Waals surface area contributed by atoms with Crippen molar-refractivity contribution in [3.63, 3.8) is 0 Å². The molecule has 4 heteroatoms. The first-order valence-electron chi connectivity index (χ1n) is 3.50. The van der Waals surface area contributed by atoms with E-state index < -0.39 is 0 Å². The van der Waals surface area contributed by atoms with Gasteiger partial charge in [-0.05, 0) is 13.8 Å². The van der Waals surface area contributed by atoms with Crippen molar-refractivity contribution in [1.29, 1.82) is 0 Å². The molecule has 0 aromatic carbocycles. The number of nitrogens with one attached hydrogen (secondary N) is 2. The largest absolute Gasteiger partial charge is 0.354 e. The standard InChI is InChI=1S/C7H11N3O/c1-5(2)9-7-8-4-3-6(11)10-7/h3-5H,1-2H3,(H2,8,9,10,11). The van der Waals surface area contributed by atoms with Gasteiger partial charge >= 0.3 is 0 Å². The molecular formula is C7H11N3O. The molecule has 0 fully saturated rings. The number of nitrogens with zero attached hydrogens (tertiary/aromatic N) is 1. The van der Waals surface area contributed by atoms with Gasteiger partial charge in [0.25, 0.3) is 5.56 Å². The fourth-order valence-electron chi connectivity index (χ4n) is 0.717. The fourth-order valence-corrected chi connectivity index (χ4v) is 0.717. The average molecular weight is 153 g/mol. The SMILES string of the molecule is CC(C)Nc1nccc(=O)[nH]1. The Morgan fingerprint density at radius 3 is 2.91 bits per heavy atom. The minimum atomic E-state index is -0.136. The summed E-state index contributed by atoms with van der Waals surface area (Å²) in [4.78, 5) is 17.2. The van der Waals surface area contributed by atoms with Gasteiger partial charge in [0.15, 0.2) is 0 Å². The van der Waals surface area contributed by atoms with Crippen molar-refractivity contribution in [2.45, 2.75) is 19.9 Å². The van der Waals surface area contributed by atoms with Gasteiger partial charge in [-0.25, -0.2) is 4.98 Å². The van der Waals surface area contributed by atoms with Gasteiger partial charge in [0, 0.05) is 18.3 Å². The molecule has 1 aromatic heterocycles. The number of H-pyrrole nitrogens is 1. The van der Waals surface area contributed by atoms with Crippen LogP contribution >= 0.6 is 0 Å². The van der Waals surface area contributed by atoms with Crippen LogP contribution < -0.4 is 10.9 Å². The molecule has 0 saturated carbocycles. The van der Waals surface area contributed by atoms with Crippen molar-refractivity contribution >= 4 is 5.95 Å². The van der Waals surface area contributed by atoms with Crippen molar-refractivity contribution in [1.82, 2.24) is 9.97 Å². The highest BCUT2D eigenvalue weighted by atomic mass is 16.1. The third-order valence-corrected chi connectivity index (χ3v) is 1.10. The first-order chi connectivity index (χ1) is 5.18. The molecule has 0 saturated heterocycles. The number of anilines is 1. The summed E-state index contributed by atoms with van der Waals surface area (Å²) in [5.41, 5.74) is -0.136. The Balaban J connectivity index is 2.80. The Bertz CT molecular complexity index is 279. The van der Waals surface area contributed by atoms with Gasteiger partial charge in [0.05, 0.1) is 0 Å². The minimum Gasteiger partial charge on any atom is -0.354 e. The van der Waals surface area contributed by atoms with E-state index >= 15 is 0 Å². The topological polar surface area (TPSA) is 57.8 Å². The van der Waals surface area contributed by atoms with Gasteiger partial charge in [-0.3, -0.25) is 9.78 Å². The molecule has 0 unspecified atom stereocenters. The number of aromatic nitrogens is 2. The molecule has 0 radical (unpaired) electrons. The Morgan fingerprint density at radius 1 is 1.64 bits per heavy atom. The molecule has 0 aliphatic rings. The third-order valence-electron chi connectivity index (χ3n) is 1.10. The maximum atomic E-state index is 10.7. The second kappa shape index (κ2) is 3.18. The first kappa shape index (κ1) is 7.78. The Hall–Kier alpha value is -1.32. The van der Waals surface area contributed by atoms with Crippen molar-refractivity contribution in [2.75, 3.05) is 5.32 Å². The Morgan fingerprint density at radius 2 is 2.36 bits per heavy atom. The van der Waals surface area contributed by atoms with E-state index in [9.17, 15) is 4.79 Å². The van der Waals surface area contributed by atoms with Crippen LogP contribution in [0, 0.1) is 0 Å². The van der Waals surface area contributed by atoms with Gasteiger partial charge in [0.1, 0.15) is 0 Å². The zero-order valence-electron chi connectivity index (χ0n) is 6.59. The predicted octanol–water partition coefficient (Wildman–Crippen LogP) is 0.590. The summed E-state index contributed by atoms with van der Waals surface area (Å²) >= 11 is 0. The lowest BCUT2D eigenvalue weighted by Gasteiger charge is -2.06. The summed E-state index contributed by atoms with van der Waals surface area (Å²) in [6, 6.07) is 1.66. The number of aromatic amines is 1. The van der Waals surface area contributed by atoms with Crippen LogP contribution in [0.5, 0.6) is 0 Å². The van der Waals surface area contributed by atoms with Gasteiger partial charge in [-0.15, -0.1) is 0 Å². The number of hydrogen-bond donors (Lipinski definition) is 2. The number of rotatable bonds is 2. The maximum Gasteiger partial charge on any atom is 0.252 e. The lowest BCUT2D eigenvalue weighted by Crippen LogP contribution is -2.16. The van der Waals surface area contributed by atoms with Crippen molar-refractivity contribution in [3.8, 4) is 0 Å². The van der Waals surface area contributed by atoms with E-state index in [1.54, 1.807) is 0 Å². The summed E-state index contributed by atoms with van der Waals surface area (Å²) in [5, 5.41) is 2.98. The first-order valence-corrected chi connectivity index (χ1v) is 3.50. The smallest absolute Gasteiger partial charge is 0.252 e. The van der Waals surface area contributed by atoms with Crippen molar-refractivity contribution < 1.29 is 0 Å². The van der Waals surface area contributed by atoms with E-state index in [0.29, 0.717) is 5.95 Å². The quantitative estimate of drug-likeness (QED) is 0.653. The van der Waals surface area contributed by atoms with E-state index in [4.69, 9.17) is 0 Å². The molecule has 1 rings (SSSR count). The van der Waals surface area contributed by atoms with Crippen molar-refractivity contribution in [3.05, 3.63) is 22.6 Å². The molecule has 1 heterocycles. The van der Waals surface area contributed by atoms with E-state index in [2.05, 4.69) is 15.3 Å². The fraction of sp³-hybridized carbons (Fsp3) is 0.429. The second-order valence-corrected chi connectivity index (χ2v) is 2.58. The van der Waals surface area contributed by atoms with E-state index in [0.717, 1.165) is 0 Å². The summed E-state index contributed by atoms with van der Waals surface area (Å²) in [5.74, 6) is 0.521. The second-order valence-electron chi connectivity index (χ2n) is 2.58. The Labute approximate surface area is 64.7 Å². The Kier molecular flexibility index (Phi) is 2.25. The third kappa shape index (κ3) is 2.41. The molecule has 11 heavy (non-hydrogen) atoms. The highest BCUT2D eigenvalue weighted by Gasteiger charge is 1.94. The molecule has 2 N–H and O–H groups in total. The molecule has 0 spiro atoms. The van der Waals surface area contributed by atoms with Crippen LogP contribution in [0.4, 0.5) is 5.95 Å². The molecule has 1 aromatic rings.